The van der Waals surface area contributed by atoms with Crippen molar-refractivity contribution in [3.8, 4) is 0 Å². The molecule has 1 rings (SSSR count). The van der Waals surface area contributed by atoms with Gasteiger partial charge >= 0.3 is 0 Å². The SMILES string of the molecule is C=CC(C)Nc1nccn(C(C)C)c1=O. The average Bonchev–Trinajstić information content (AvgIpc) is 2.20. The van der Waals surface area contributed by atoms with E-state index in [1.807, 2.05) is 20.8 Å². The molecule has 1 N–H and O–H groups in total. The van der Waals surface area contributed by atoms with Crippen LogP contribution in [-0.2, 0) is 0 Å². The highest BCUT2D eigenvalue weighted by Crippen LogP contribution is 2.02. The van der Waals surface area contributed by atoms with Crippen LogP contribution in [0.5, 0.6) is 0 Å². The molecule has 82 valence electrons. The standard InChI is InChI=1S/C11H17N3O/c1-5-9(4)13-10-11(15)14(8(2)3)7-6-12-10/h5-9H,1H2,2-4H3,(H,12,13). The van der Waals surface area contributed by atoms with E-state index in [-0.39, 0.29) is 17.6 Å². The third-order valence-corrected chi connectivity index (χ3v) is 2.14. The van der Waals surface area contributed by atoms with Crippen LogP contribution in [0.25, 0.3) is 0 Å². The molecule has 1 aromatic rings. The summed E-state index contributed by atoms with van der Waals surface area (Å²) in [5.74, 6) is 0.374. The second kappa shape index (κ2) is 4.77. The number of aromatic nitrogens is 2. The van der Waals surface area contributed by atoms with Gasteiger partial charge in [-0.3, -0.25) is 4.79 Å². The zero-order valence-corrected chi connectivity index (χ0v) is 9.40. The van der Waals surface area contributed by atoms with Gasteiger partial charge in [0.15, 0.2) is 5.82 Å². The zero-order valence-electron chi connectivity index (χ0n) is 9.40. The molecule has 0 aromatic carbocycles. The first kappa shape index (κ1) is 11.5. The van der Waals surface area contributed by atoms with Gasteiger partial charge in [-0.15, -0.1) is 6.58 Å². The van der Waals surface area contributed by atoms with Gasteiger partial charge in [0.25, 0.3) is 5.56 Å². The third-order valence-electron chi connectivity index (χ3n) is 2.14. The normalized spacial score (nSPS) is 12.5. The van der Waals surface area contributed by atoms with Crippen molar-refractivity contribution in [2.45, 2.75) is 32.9 Å². The van der Waals surface area contributed by atoms with Crippen molar-refractivity contribution in [1.82, 2.24) is 9.55 Å². The van der Waals surface area contributed by atoms with Crippen molar-refractivity contribution in [2.24, 2.45) is 0 Å². The van der Waals surface area contributed by atoms with Gasteiger partial charge in [-0.05, 0) is 20.8 Å². The molecule has 4 nitrogen and oxygen atoms in total. The number of anilines is 1. The van der Waals surface area contributed by atoms with Crippen molar-refractivity contribution < 1.29 is 0 Å². The number of nitrogens with zero attached hydrogens (tertiary/aromatic N) is 2. The highest BCUT2D eigenvalue weighted by Gasteiger charge is 2.07. The molecule has 0 fully saturated rings. The van der Waals surface area contributed by atoms with Gasteiger partial charge in [-0.1, -0.05) is 6.08 Å². The molecule has 0 aliphatic rings. The highest BCUT2D eigenvalue weighted by atomic mass is 16.1. The Morgan fingerprint density at radius 3 is 2.73 bits per heavy atom. The summed E-state index contributed by atoms with van der Waals surface area (Å²) < 4.78 is 1.64. The lowest BCUT2D eigenvalue weighted by atomic mass is 10.3. The summed E-state index contributed by atoms with van der Waals surface area (Å²) in [5.41, 5.74) is -0.0961. The molecule has 0 amide bonds. The van der Waals surface area contributed by atoms with Gasteiger partial charge in [0.2, 0.25) is 0 Å². The predicted molar refractivity (Wildman–Crippen MR) is 62.2 cm³/mol. The van der Waals surface area contributed by atoms with Crippen molar-refractivity contribution in [1.29, 1.82) is 0 Å². The highest BCUT2D eigenvalue weighted by molar-refractivity contribution is 5.33. The minimum absolute atomic E-state index is 0.0354. The molecular weight excluding hydrogens is 190 g/mol. The van der Waals surface area contributed by atoms with Gasteiger partial charge in [0.1, 0.15) is 0 Å². The van der Waals surface area contributed by atoms with Gasteiger partial charge in [0, 0.05) is 24.5 Å². The van der Waals surface area contributed by atoms with Crippen LogP contribution in [-0.4, -0.2) is 15.6 Å². The Morgan fingerprint density at radius 2 is 2.20 bits per heavy atom. The van der Waals surface area contributed by atoms with Crippen LogP contribution in [0.4, 0.5) is 5.82 Å². The maximum absolute atomic E-state index is 11.9. The molecule has 4 heteroatoms. The smallest absolute Gasteiger partial charge is 0.293 e. The van der Waals surface area contributed by atoms with Gasteiger partial charge in [-0.2, -0.15) is 0 Å². The van der Waals surface area contributed by atoms with Gasteiger partial charge in [0.05, 0.1) is 0 Å². The minimum atomic E-state index is -0.0961. The fourth-order valence-corrected chi connectivity index (χ4v) is 1.21. The molecule has 15 heavy (non-hydrogen) atoms. The van der Waals surface area contributed by atoms with E-state index in [4.69, 9.17) is 0 Å². The van der Waals surface area contributed by atoms with Gasteiger partial charge in [-0.25, -0.2) is 4.98 Å². The second-order valence-corrected chi connectivity index (χ2v) is 3.75. The first-order chi connectivity index (χ1) is 7.06. The molecule has 0 saturated carbocycles. The molecular formula is C11H17N3O. The number of hydrogen-bond donors (Lipinski definition) is 1. The predicted octanol–water partition coefficient (Wildman–Crippen LogP) is 1.81. The second-order valence-electron chi connectivity index (χ2n) is 3.75. The number of nitrogens with one attached hydrogen (secondary N) is 1. The summed E-state index contributed by atoms with van der Waals surface area (Å²) in [5, 5.41) is 2.99. The number of rotatable bonds is 4. The van der Waals surface area contributed by atoms with Crippen LogP contribution in [0.3, 0.4) is 0 Å². The summed E-state index contributed by atoms with van der Waals surface area (Å²) in [4.78, 5) is 15.9. The fraction of sp³-hybridized carbons (Fsp3) is 0.455. The summed E-state index contributed by atoms with van der Waals surface area (Å²) in [7, 11) is 0. The molecule has 0 radical (unpaired) electrons. The van der Waals surface area contributed by atoms with Crippen LogP contribution >= 0.6 is 0 Å². The van der Waals surface area contributed by atoms with Crippen molar-refractivity contribution in [3.63, 3.8) is 0 Å². The molecule has 0 saturated heterocycles. The lowest BCUT2D eigenvalue weighted by Crippen LogP contribution is -2.27. The van der Waals surface area contributed by atoms with Crippen LogP contribution in [0.15, 0.2) is 29.8 Å². The van der Waals surface area contributed by atoms with E-state index in [1.54, 1.807) is 23.0 Å². The Hall–Kier alpha value is -1.58. The zero-order chi connectivity index (χ0) is 11.4. The van der Waals surface area contributed by atoms with E-state index in [1.165, 1.54) is 0 Å². The molecule has 1 aromatic heterocycles. The molecule has 0 aliphatic heterocycles. The Morgan fingerprint density at radius 1 is 1.53 bits per heavy atom. The lowest BCUT2D eigenvalue weighted by Gasteiger charge is -2.13. The maximum Gasteiger partial charge on any atom is 0.293 e. The lowest BCUT2D eigenvalue weighted by molar-refractivity contribution is 0.575. The van der Waals surface area contributed by atoms with Gasteiger partial charge < -0.3 is 9.88 Å². The quantitative estimate of drug-likeness (QED) is 0.766. The van der Waals surface area contributed by atoms with E-state index >= 15 is 0 Å². The molecule has 1 atom stereocenters. The maximum atomic E-state index is 11.9. The molecule has 0 aliphatic carbocycles. The Bertz CT molecular complexity index is 395. The van der Waals surface area contributed by atoms with Crippen molar-refractivity contribution >= 4 is 5.82 Å². The van der Waals surface area contributed by atoms with E-state index in [2.05, 4.69) is 16.9 Å². The van der Waals surface area contributed by atoms with Crippen LogP contribution in [0, 0.1) is 0 Å². The summed E-state index contributed by atoms with van der Waals surface area (Å²) in [6, 6.07) is 0.174. The Labute approximate surface area is 89.7 Å². The first-order valence-corrected chi connectivity index (χ1v) is 5.02. The summed E-state index contributed by atoms with van der Waals surface area (Å²) >= 11 is 0. The van der Waals surface area contributed by atoms with Crippen LogP contribution in [0.1, 0.15) is 26.8 Å². The van der Waals surface area contributed by atoms with Crippen LogP contribution < -0.4 is 10.9 Å². The first-order valence-electron chi connectivity index (χ1n) is 5.02. The monoisotopic (exact) mass is 207 g/mol. The van der Waals surface area contributed by atoms with E-state index < -0.39 is 0 Å². The minimum Gasteiger partial charge on any atom is -0.360 e. The van der Waals surface area contributed by atoms with E-state index in [0.29, 0.717) is 5.82 Å². The molecule has 0 bridgehead atoms. The van der Waals surface area contributed by atoms with E-state index in [9.17, 15) is 4.79 Å². The Kier molecular flexibility index (Phi) is 3.66. The van der Waals surface area contributed by atoms with Crippen LogP contribution in [0.2, 0.25) is 0 Å². The Balaban J connectivity index is 3.05. The molecule has 1 unspecified atom stereocenters. The molecule has 0 spiro atoms. The fourth-order valence-electron chi connectivity index (χ4n) is 1.21. The topological polar surface area (TPSA) is 46.9 Å². The third kappa shape index (κ3) is 2.68. The van der Waals surface area contributed by atoms with Crippen molar-refractivity contribution in [2.75, 3.05) is 5.32 Å². The summed E-state index contributed by atoms with van der Waals surface area (Å²) in [6.45, 7) is 9.48. The van der Waals surface area contributed by atoms with Crippen molar-refractivity contribution in [3.05, 3.63) is 35.4 Å². The number of hydrogen-bond acceptors (Lipinski definition) is 3. The summed E-state index contributed by atoms with van der Waals surface area (Å²) in [6.07, 6.45) is 5.05. The van der Waals surface area contributed by atoms with E-state index in [0.717, 1.165) is 0 Å². The molecule has 1 heterocycles. The average molecular weight is 207 g/mol. The largest absolute Gasteiger partial charge is 0.360 e.